The van der Waals surface area contributed by atoms with E-state index >= 15 is 0 Å². The van der Waals surface area contributed by atoms with Crippen LogP contribution in [-0.4, -0.2) is 70.3 Å². The van der Waals surface area contributed by atoms with Crippen molar-refractivity contribution in [1.29, 1.82) is 0 Å². The van der Waals surface area contributed by atoms with Crippen LogP contribution < -0.4 is 10.1 Å². The molecule has 0 unspecified atom stereocenters. The molecule has 3 atom stereocenters. The van der Waals surface area contributed by atoms with Gasteiger partial charge in [0.05, 0.1) is 13.0 Å². The summed E-state index contributed by atoms with van der Waals surface area (Å²) in [6.45, 7) is 4.07. The molecular weight excluding hydrogens is 630 g/mol. The fourth-order valence-corrected chi connectivity index (χ4v) is 5.34. The van der Waals surface area contributed by atoms with E-state index in [4.69, 9.17) is 14.6 Å². The van der Waals surface area contributed by atoms with Gasteiger partial charge >= 0.3 is 17.9 Å². The molecule has 1 aromatic rings. The minimum absolute atomic E-state index is 0.00969. The maximum Gasteiger partial charge on any atom is 0.336 e. The van der Waals surface area contributed by atoms with E-state index in [2.05, 4.69) is 24.1 Å². The summed E-state index contributed by atoms with van der Waals surface area (Å²) in [7, 11) is 1.16. The number of hydrogen-bond acceptors (Lipinski definition) is 8. The van der Waals surface area contributed by atoms with Crippen LogP contribution in [0.4, 0.5) is 0 Å². The smallest absolute Gasteiger partial charge is 0.336 e. The Labute approximate surface area is 290 Å². The van der Waals surface area contributed by atoms with Gasteiger partial charge in [-0.2, -0.15) is 0 Å². The Hall–Kier alpha value is -4.17. The number of amides is 1. The van der Waals surface area contributed by atoms with Crippen molar-refractivity contribution in [3.05, 3.63) is 42.0 Å². The number of rotatable bonds is 27. The number of ether oxygens (including phenoxy) is 2. The molecule has 11 heteroatoms. The first-order valence-corrected chi connectivity index (χ1v) is 17.3. The second kappa shape index (κ2) is 24.9. The average molecular weight is 686 g/mol. The van der Waals surface area contributed by atoms with Crippen LogP contribution in [0.1, 0.15) is 116 Å². The molecule has 1 aromatic carbocycles. The monoisotopic (exact) mass is 685 g/mol. The molecule has 0 heterocycles. The number of benzene rings is 1. The summed E-state index contributed by atoms with van der Waals surface area (Å²) in [6, 6.07) is 5.58. The fourth-order valence-electron chi connectivity index (χ4n) is 5.34. The van der Waals surface area contributed by atoms with Gasteiger partial charge in [-0.15, -0.1) is 5.92 Å². The number of carboxylic acids is 2. The van der Waals surface area contributed by atoms with Gasteiger partial charge in [0.25, 0.3) is 0 Å². The van der Waals surface area contributed by atoms with Gasteiger partial charge in [-0.3, -0.25) is 14.4 Å². The summed E-state index contributed by atoms with van der Waals surface area (Å²) in [6.07, 6.45) is 12.3. The molecule has 4 N–H and O–H groups in total. The lowest BCUT2D eigenvalue weighted by Crippen LogP contribution is -2.54. The molecule has 49 heavy (non-hydrogen) atoms. The molecule has 1 rings (SSSR count). The van der Waals surface area contributed by atoms with E-state index in [1.54, 1.807) is 37.3 Å². The zero-order valence-corrected chi connectivity index (χ0v) is 29.3. The first-order chi connectivity index (χ1) is 23.5. The van der Waals surface area contributed by atoms with Crippen LogP contribution in [0.15, 0.2) is 36.4 Å². The van der Waals surface area contributed by atoms with Crippen LogP contribution >= 0.6 is 0 Å². The Morgan fingerprint density at radius 1 is 0.898 bits per heavy atom. The predicted octanol–water partition coefficient (Wildman–Crippen LogP) is 5.80. The molecule has 0 fully saturated rings. The van der Waals surface area contributed by atoms with Crippen LogP contribution in [0.3, 0.4) is 0 Å². The van der Waals surface area contributed by atoms with Gasteiger partial charge in [-0.05, 0) is 63.1 Å². The Bertz CT molecular complexity index is 1260. The summed E-state index contributed by atoms with van der Waals surface area (Å²) in [5.41, 5.74) is -1.98. The lowest BCUT2D eigenvalue weighted by Gasteiger charge is -2.31. The number of ketones is 1. The van der Waals surface area contributed by atoms with Gasteiger partial charge in [-0.25, -0.2) is 9.59 Å². The number of carboxylic acid groups (broad SMARTS) is 2. The van der Waals surface area contributed by atoms with Gasteiger partial charge in [0, 0.05) is 25.7 Å². The Morgan fingerprint density at radius 3 is 2.10 bits per heavy atom. The van der Waals surface area contributed by atoms with Crippen molar-refractivity contribution in [1.82, 2.24) is 5.32 Å². The average Bonchev–Trinajstić information content (AvgIpc) is 3.07. The molecule has 0 aromatic heterocycles. The third-order valence-corrected chi connectivity index (χ3v) is 8.23. The van der Waals surface area contributed by atoms with Gasteiger partial charge in [0.15, 0.2) is 5.60 Å². The molecule has 11 nitrogen and oxygen atoms in total. The highest BCUT2D eigenvalue weighted by Crippen LogP contribution is 2.28. The van der Waals surface area contributed by atoms with Crippen molar-refractivity contribution in [3.63, 3.8) is 0 Å². The number of methoxy groups -OCH3 is 1. The Kier molecular flexibility index (Phi) is 21.8. The topological polar surface area (TPSA) is 177 Å². The van der Waals surface area contributed by atoms with Crippen LogP contribution in [0.5, 0.6) is 5.75 Å². The van der Waals surface area contributed by atoms with E-state index < -0.39 is 54.2 Å². The standard InChI is InChI=1S/C38H55NO10/c1-4-6-8-11-14-18-30(40)19-15-12-9-10-13-16-20-32(38(47,37(45)46)26-17-21-34(41)42)35(43)39-33(36(44)48-3)28-29-22-24-31(25-23-29)49-27-7-5-2/h16,20,22-25,32-33,47H,4,6,8-15,17-19,21,26-28H2,1-3H3,(H,39,43)(H,41,42)(H,45,46)/t32-,33+,38+/m1/s1. The molecule has 1 amide bonds. The Balaban J connectivity index is 2.95. The zero-order chi connectivity index (χ0) is 36.5. The summed E-state index contributed by atoms with van der Waals surface area (Å²) in [4.78, 5) is 61.9. The van der Waals surface area contributed by atoms with E-state index in [1.165, 1.54) is 25.3 Å². The molecule has 0 aliphatic heterocycles. The molecule has 0 saturated carbocycles. The van der Waals surface area contributed by atoms with E-state index in [1.807, 2.05) is 0 Å². The van der Waals surface area contributed by atoms with Gasteiger partial charge in [0.1, 0.15) is 24.2 Å². The largest absolute Gasteiger partial charge is 0.481 e. The van der Waals surface area contributed by atoms with Gasteiger partial charge in [-0.1, -0.05) is 75.7 Å². The first-order valence-electron chi connectivity index (χ1n) is 17.3. The minimum Gasteiger partial charge on any atom is -0.481 e. The molecule has 0 radical (unpaired) electrons. The van der Waals surface area contributed by atoms with Crippen LogP contribution in [0, 0.1) is 17.8 Å². The van der Waals surface area contributed by atoms with E-state index in [9.17, 15) is 34.2 Å². The molecule has 0 bridgehead atoms. The number of Topliss-reactive ketones (excluding diaryl/α,β-unsaturated/α-hetero) is 1. The summed E-state index contributed by atoms with van der Waals surface area (Å²) >= 11 is 0. The van der Waals surface area contributed by atoms with Gasteiger partial charge < -0.3 is 30.1 Å². The van der Waals surface area contributed by atoms with Crippen LogP contribution in [-0.2, 0) is 35.1 Å². The fraction of sp³-hybridized carbons (Fsp3) is 0.605. The third kappa shape index (κ3) is 17.7. The Morgan fingerprint density at radius 2 is 1.53 bits per heavy atom. The molecular formula is C38H55NO10. The molecule has 0 spiro atoms. The van der Waals surface area contributed by atoms with Crippen molar-refractivity contribution in [2.75, 3.05) is 13.7 Å². The number of hydrogen-bond donors (Lipinski definition) is 4. The minimum atomic E-state index is -2.63. The number of nitrogens with one attached hydrogen (secondary N) is 1. The third-order valence-electron chi connectivity index (χ3n) is 8.23. The normalized spacial score (nSPS) is 13.4. The van der Waals surface area contributed by atoms with E-state index in [0.717, 1.165) is 45.6 Å². The number of carbonyl (C=O) groups excluding carboxylic acids is 3. The highest BCUT2D eigenvalue weighted by atomic mass is 16.5. The molecule has 0 saturated heterocycles. The summed E-state index contributed by atoms with van der Waals surface area (Å²) < 4.78 is 10.4. The number of carbonyl (C=O) groups is 5. The SMILES string of the molecule is CC#CCOc1ccc(C[C@H](NC(=O)[C@@H](C=CCCCCCCC(=O)CCCCCCC)[C@@](O)(CCCC(=O)O)C(=O)O)C(=O)OC)cc1. The predicted molar refractivity (Wildman–Crippen MR) is 186 cm³/mol. The number of allylic oxidation sites excluding steroid dienone is 1. The highest BCUT2D eigenvalue weighted by Gasteiger charge is 2.47. The summed E-state index contributed by atoms with van der Waals surface area (Å²) in [5.74, 6) is 0.200. The number of aliphatic hydroxyl groups is 1. The number of esters is 1. The zero-order valence-electron chi connectivity index (χ0n) is 29.3. The number of aliphatic carboxylic acids is 2. The quantitative estimate of drug-likeness (QED) is 0.0383. The second-order valence-corrected chi connectivity index (χ2v) is 12.2. The maximum atomic E-state index is 13.6. The second-order valence-electron chi connectivity index (χ2n) is 12.2. The maximum absolute atomic E-state index is 13.6. The molecule has 272 valence electrons. The van der Waals surface area contributed by atoms with E-state index in [0.29, 0.717) is 30.6 Å². The lowest BCUT2D eigenvalue weighted by atomic mass is 9.81. The van der Waals surface area contributed by atoms with Crippen molar-refractivity contribution in [2.24, 2.45) is 5.92 Å². The van der Waals surface area contributed by atoms with Crippen molar-refractivity contribution >= 4 is 29.6 Å². The van der Waals surface area contributed by atoms with Crippen LogP contribution in [0.2, 0.25) is 0 Å². The molecule has 0 aliphatic carbocycles. The molecule has 0 aliphatic rings. The van der Waals surface area contributed by atoms with Crippen molar-refractivity contribution < 1.29 is 48.8 Å². The van der Waals surface area contributed by atoms with E-state index in [-0.39, 0.29) is 25.2 Å². The highest BCUT2D eigenvalue weighted by molar-refractivity contribution is 5.92. The number of unbranched alkanes of at least 4 members (excludes halogenated alkanes) is 8. The lowest BCUT2D eigenvalue weighted by molar-refractivity contribution is -0.168. The van der Waals surface area contributed by atoms with Crippen LogP contribution in [0.25, 0.3) is 0 Å². The van der Waals surface area contributed by atoms with Gasteiger partial charge in [0.2, 0.25) is 5.91 Å². The van der Waals surface area contributed by atoms with Crippen molar-refractivity contribution in [2.45, 2.75) is 128 Å². The van der Waals surface area contributed by atoms with Crippen molar-refractivity contribution in [3.8, 4) is 17.6 Å². The first kappa shape index (κ1) is 42.9. The summed E-state index contributed by atoms with van der Waals surface area (Å²) in [5, 5.41) is 33.0.